The highest BCUT2D eigenvalue weighted by atomic mass is 19.1. The highest BCUT2D eigenvalue weighted by Crippen LogP contribution is 2.14. The number of aliphatic carboxylic acids is 2. The molecule has 0 spiro atoms. The van der Waals surface area contributed by atoms with E-state index in [4.69, 9.17) is 10.2 Å². The molecule has 0 heterocycles. The monoisotopic (exact) mass is 227 g/mol. The lowest BCUT2D eigenvalue weighted by Crippen LogP contribution is -2.34. The van der Waals surface area contributed by atoms with E-state index in [1.54, 1.807) is 0 Å². The molecule has 0 aliphatic carbocycles. The molecule has 16 heavy (non-hydrogen) atoms. The van der Waals surface area contributed by atoms with Crippen molar-refractivity contribution >= 4 is 17.6 Å². The van der Waals surface area contributed by atoms with Gasteiger partial charge in [0.2, 0.25) is 0 Å². The summed E-state index contributed by atoms with van der Waals surface area (Å²) in [7, 11) is 0. The Morgan fingerprint density at radius 1 is 1.19 bits per heavy atom. The topological polar surface area (TPSA) is 77.8 Å². The third-order valence-corrected chi connectivity index (χ3v) is 1.83. The summed E-state index contributed by atoms with van der Waals surface area (Å²) in [6, 6.07) is 5.13. The van der Waals surface area contributed by atoms with Crippen LogP contribution in [0.4, 0.5) is 10.1 Å². The van der Waals surface area contributed by atoms with Crippen LogP contribution in [0.2, 0.25) is 0 Å². The van der Waals surface area contributed by atoms with Gasteiger partial charge in [-0.1, -0.05) is 6.07 Å². The summed E-state index contributed by atoms with van der Waals surface area (Å²) < 4.78 is 12.9. The molecular formula is C10H10FNO4. The first-order valence-corrected chi connectivity index (χ1v) is 4.43. The fourth-order valence-electron chi connectivity index (χ4n) is 1.24. The summed E-state index contributed by atoms with van der Waals surface area (Å²) in [4.78, 5) is 22.1. The number of rotatable bonds is 5. The van der Waals surface area contributed by atoms with Gasteiger partial charge in [-0.05, 0) is 18.2 Å². The highest BCUT2D eigenvalue weighted by molar-refractivity contribution is 5.79. The van der Waals surface area contributed by atoms with Crippen LogP contribution < -0.4 is 4.90 Å². The zero-order valence-electron chi connectivity index (χ0n) is 8.26. The number of carbonyl (C=O) groups is 2. The lowest BCUT2D eigenvalue weighted by molar-refractivity contribution is -0.136. The van der Waals surface area contributed by atoms with Gasteiger partial charge in [-0.15, -0.1) is 0 Å². The van der Waals surface area contributed by atoms with Crippen molar-refractivity contribution < 1.29 is 24.2 Å². The van der Waals surface area contributed by atoms with E-state index in [0.717, 1.165) is 11.0 Å². The third kappa shape index (κ3) is 3.56. The fraction of sp³-hybridized carbons (Fsp3) is 0.200. The molecule has 0 aliphatic rings. The van der Waals surface area contributed by atoms with E-state index in [1.165, 1.54) is 18.2 Å². The van der Waals surface area contributed by atoms with E-state index < -0.39 is 30.8 Å². The maximum atomic E-state index is 12.9. The molecule has 1 aromatic rings. The number of anilines is 1. The molecule has 0 saturated heterocycles. The largest absolute Gasteiger partial charge is 0.480 e. The Morgan fingerprint density at radius 3 is 2.19 bits per heavy atom. The number of halogens is 1. The lowest BCUT2D eigenvalue weighted by atomic mass is 10.2. The number of hydrogen-bond acceptors (Lipinski definition) is 3. The number of hydrogen-bond donors (Lipinski definition) is 2. The van der Waals surface area contributed by atoms with E-state index in [1.807, 2.05) is 0 Å². The maximum Gasteiger partial charge on any atom is 0.323 e. The van der Waals surface area contributed by atoms with Crippen LogP contribution in [0, 0.1) is 5.82 Å². The first-order chi connectivity index (χ1) is 7.49. The minimum atomic E-state index is -1.18. The second kappa shape index (κ2) is 5.11. The zero-order valence-corrected chi connectivity index (χ0v) is 8.26. The molecule has 0 aliphatic heterocycles. The van der Waals surface area contributed by atoms with Gasteiger partial charge in [0.25, 0.3) is 0 Å². The van der Waals surface area contributed by atoms with Crippen molar-refractivity contribution in [2.24, 2.45) is 0 Å². The molecule has 0 bridgehead atoms. The standard InChI is InChI=1S/C10H10FNO4/c11-7-2-1-3-8(4-7)12(5-9(13)14)6-10(15)16/h1-4H,5-6H2,(H,13,14)(H,15,16). The predicted molar refractivity (Wildman–Crippen MR) is 53.9 cm³/mol. The molecule has 6 heteroatoms. The van der Waals surface area contributed by atoms with Gasteiger partial charge in [0.05, 0.1) is 0 Å². The summed E-state index contributed by atoms with van der Waals surface area (Å²) in [6.07, 6.45) is 0. The van der Waals surface area contributed by atoms with Crippen LogP contribution in [0.3, 0.4) is 0 Å². The Bertz CT molecular complexity index is 392. The van der Waals surface area contributed by atoms with Gasteiger partial charge in [-0.2, -0.15) is 0 Å². The van der Waals surface area contributed by atoms with Gasteiger partial charge in [0.1, 0.15) is 18.9 Å². The number of benzene rings is 1. The number of carboxylic acid groups (broad SMARTS) is 2. The van der Waals surface area contributed by atoms with Gasteiger partial charge in [-0.25, -0.2) is 4.39 Å². The summed E-state index contributed by atoms with van der Waals surface area (Å²) >= 11 is 0. The SMILES string of the molecule is O=C(O)CN(CC(=O)O)c1cccc(F)c1. The average Bonchev–Trinajstić information content (AvgIpc) is 2.15. The van der Waals surface area contributed by atoms with Gasteiger partial charge < -0.3 is 15.1 Å². The molecule has 0 radical (unpaired) electrons. The van der Waals surface area contributed by atoms with Crippen LogP contribution in [0.1, 0.15) is 0 Å². The molecule has 1 rings (SSSR count). The van der Waals surface area contributed by atoms with Crippen LogP contribution in [0.5, 0.6) is 0 Å². The Hall–Kier alpha value is -2.11. The van der Waals surface area contributed by atoms with Crippen LogP contribution in [0.25, 0.3) is 0 Å². The Balaban J connectivity index is 2.90. The molecule has 1 aromatic carbocycles. The molecule has 86 valence electrons. The van der Waals surface area contributed by atoms with Crippen molar-refractivity contribution in [3.8, 4) is 0 Å². The van der Waals surface area contributed by atoms with Crippen LogP contribution in [0.15, 0.2) is 24.3 Å². The predicted octanol–water partition coefficient (Wildman–Crippen LogP) is 0.801. The van der Waals surface area contributed by atoms with E-state index in [2.05, 4.69) is 0 Å². The van der Waals surface area contributed by atoms with Crippen molar-refractivity contribution in [2.75, 3.05) is 18.0 Å². The van der Waals surface area contributed by atoms with Crippen molar-refractivity contribution in [3.63, 3.8) is 0 Å². The first kappa shape index (κ1) is 12.0. The van der Waals surface area contributed by atoms with Gasteiger partial charge in [0.15, 0.2) is 0 Å². The number of nitrogens with zero attached hydrogens (tertiary/aromatic N) is 1. The summed E-state index contributed by atoms with van der Waals surface area (Å²) in [5.74, 6) is -2.89. The van der Waals surface area contributed by atoms with E-state index in [-0.39, 0.29) is 5.69 Å². The number of carboxylic acids is 2. The smallest absolute Gasteiger partial charge is 0.323 e. The summed E-state index contributed by atoms with van der Waals surface area (Å²) in [5, 5.41) is 17.2. The quantitative estimate of drug-likeness (QED) is 0.778. The molecule has 0 atom stereocenters. The Labute approximate surface area is 90.7 Å². The molecule has 0 unspecified atom stereocenters. The van der Waals surface area contributed by atoms with Crippen molar-refractivity contribution in [2.45, 2.75) is 0 Å². The average molecular weight is 227 g/mol. The molecule has 5 nitrogen and oxygen atoms in total. The van der Waals surface area contributed by atoms with Crippen molar-refractivity contribution in [1.29, 1.82) is 0 Å². The normalized spacial score (nSPS) is 9.81. The minimum absolute atomic E-state index is 0.227. The van der Waals surface area contributed by atoms with Crippen LogP contribution in [-0.2, 0) is 9.59 Å². The summed E-state index contributed by atoms with van der Waals surface area (Å²) in [6.45, 7) is -0.981. The summed E-state index contributed by atoms with van der Waals surface area (Å²) in [5.41, 5.74) is 0.227. The minimum Gasteiger partial charge on any atom is -0.480 e. The molecule has 0 fully saturated rings. The molecule has 2 N–H and O–H groups in total. The third-order valence-electron chi connectivity index (χ3n) is 1.83. The Morgan fingerprint density at radius 2 is 1.75 bits per heavy atom. The lowest BCUT2D eigenvalue weighted by Gasteiger charge is -2.20. The maximum absolute atomic E-state index is 12.9. The Kier molecular flexibility index (Phi) is 3.82. The van der Waals surface area contributed by atoms with Gasteiger partial charge in [-0.3, -0.25) is 9.59 Å². The zero-order chi connectivity index (χ0) is 12.1. The highest BCUT2D eigenvalue weighted by Gasteiger charge is 2.14. The van der Waals surface area contributed by atoms with Crippen molar-refractivity contribution in [3.05, 3.63) is 30.1 Å². The van der Waals surface area contributed by atoms with E-state index in [0.29, 0.717) is 0 Å². The molecule has 0 aromatic heterocycles. The van der Waals surface area contributed by atoms with Gasteiger partial charge >= 0.3 is 11.9 Å². The fourth-order valence-corrected chi connectivity index (χ4v) is 1.24. The van der Waals surface area contributed by atoms with Crippen LogP contribution >= 0.6 is 0 Å². The van der Waals surface area contributed by atoms with Crippen LogP contribution in [-0.4, -0.2) is 35.2 Å². The first-order valence-electron chi connectivity index (χ1n) is 4.43. The van der Waals surface area contributed by atoms with Gasteiger partial charge in [0, 0.05) is 5.69 Å². The molecular weight excluding hydrogens is 217 g/mol. The molecule has 0 saturated carbocycles. The molecule has 0 amide bonds. The second-order valence-electron chi connectivity index (χ2n) is 3.12. The van der Waals surface area contributed by atoms with Crippen molar-refractivity contribution in [1.82, 2.24) is 0 Å². The van der Waals surface area contributed by atoms with E-state index in [9.17, 15) is 14.0 Å². The second-order valence-corrected chi connectivity index (χ2v) is 3.12. The van der Waals surface area contributed by atoms with E-state index >= 15 is 0 Å².